The molecule has 0 heterocycles. The van der Waals surface area contributed by atoms with E-state index >= 15 is 0 Å². The molecule has 0 aromatic heterocycles. The lowest BCUT2D eigenvalue weighted by Gasteiger charge is -2.12. The number of hydrogen-bond donors (Lipinski definition) is 1. The van der Waals surface area contributed by atoms with Crippen LogP contribution in [0.1, 0.15) is 12.5 Å². The molecule has 0 aliphatic rings. The SMILES string of the molecule is CCNCc1cc(F)ccc1-c1ccc(OC)cc1F. The Morgan fingerprint density at radius 1 is 1.05 bits per heavy atom. The Morgan fingerprint density at radius 3 is 2.45 bits per heavy atom. The van der Waals surface area contributed by atoms with Crippen molar-refractivity contribution in [3.63, 3.8) is 0 Å². The Bertz CT molecular complexity index is 599. The van der Waals surface area contributed by atoms with Crippen molar-refractivity contribution in [3.8, 4) is 16.9 Å². The predicted octanol–water partition coefficient (Wildman–Crippen LogP) is 3.75. The first kappa shape index (κ1) is 14.5. The van der Waals surface area contributed by atoms with E-state index in [9.17, 15) is 8.78 Å². The summed E-state index contributed by atoms with van der Waals surface area (Å²) >= 11 is 0. The fourth-order valence-corrected chi connectivity index (χ4v) is 2.07. The van der Waals surface area contributed by atoms with Gasteiger partial charge in [0.25, 0.3) is 0 Å². The first-order valence-electron chi connectivity index (χ1n) is 6.48. The van der Waals surface area contributed by atoms with Gasteiger partial charge in [0.2, 0.25) is 0 Å². The monoisotopic (exact) mass is 277 g/mol. The molecule has 2 aromatic carbocycles. The molecular weight excluding hydrogens is 260 g/mol. The van der Waals surface area contributed by atoms with Crippen molar-refractivity contribution in [1.82, 2.24) is 5.32 Å². The normalized spacial score (nSPS) is 10.6. The first-order valence-corrected chi connectivity index (χ1v) is 6.48. The van der Waals surface area contributed by atoms with Crippen LogP contribution in [-0.2, 0) is 6.54 Å². The molecule has 1 N–H and O–H groups in total. The maximum Gasteiger partial charge on any atom is 0.134 e. The minimum Gasteiger partial charge on any atom is -0.497 e. The van der Waals surface area contributed by atoms with Gasteiger partial charge in [-0.15, -0.1) is 0 Å². The number of benzene rings is 2. The zero-order chi connectivity index (χ0) is 14.5. The maximum absolute atomic E-state index is 14.1. The van der Waals surface area contributed by atoms with E-state index in [1.54, 1.807) is 18.2 Å². The molecule has 2 aromatic rings. The summed E-state index contributed by atoms with van der Waals surface area (Å²) < 4.78 is 32.5. The fourth-order valence-electron chi connectivity index (χ4n) is 2.07. The molecule has 0 saturated heterocycles. The van der Waals surface area contributed by atoms with Gasteiger partial charge < -0.3 is 10.1 Å². The second-order valence-corrected chi connectivity index (χ2v) is 4.43. The quantitative estimate of drug-likeness (QED) is 0.898. The maximum atomic E-state index is 14.1. The number of nitrogens with one attached hydrogen (secondary N) is 1. The van der Waals surface area contributed by atoms with Crippen LogP contribution in [0.5, 0.6) is 5.75 Å². The summed E-state index contributed by atoms with van der Waals surface area (Å²) in [6.07, 6.45) is 0. The van der Waals surface area contributed by atoms with E-state index in [4.69, 9.17) is 4.74 Å². The van der Waals surface area contributed by atoms with Crippen LogP contribution in [-0.4, -0.2) is 13.7 Å². The lowest BCUT2D eigenvalue weighted by molar-refractivity contribution is 0.411. The van der Waals surface area contributed by atoms with Crippen LogP contribution < -0.4 is 10.1 Å². The summed E-state index contributed by atoms with van der Waals surface area (Å²) in [7, 11) is 1.49. The van der Waals surface area contributed by atoms with Gasteiger partial charge >= 0.3 is 0 Å². The van der Waals surface area contributed by atoms with Gasteiger partial charge in [-0.1, -0.05) is 13.0 Å². The van der Waals surface area contributed by atoms with Crippen molar-refractivity contribution in [2.75, 3.05) is 13.7 Å². The molecule has 0 radical (unpaired) electrons. The molecule has 0 fully saturated rings. The molecule has 0 aliphatic heterocycles. The first-order chi connectivity index (χ1) is 9.65. The van der Waals surface area contributed by atoms with Crippen LogP contribution in [0.3, 0.4) is 0 Å². The van der Waals surface area contributed by atoms with Crippen molar-refractivity contribution in [1.29, 1.82) is 0 Å². The van der Waals surface area contributed by atoms with Gasteiger partial charge in [-0.05, 0) is 41.9 Å². The molecule has 0 saturated carbocycles. The largest absolute Gasteiger partial charge is 0.497 e. The second-order valence-electron chi connectivity index (χ2n) is 4.43. The van der Waals surface area contributed by atoms with E-state index in [0.717, 1.165) is 12.1 Å². The van der Waals surface area contributed by atoms with E-state index < -0.39 is 0 Å². The third-order valence-corrected chi connectivity index (χ3v) is 3.10. The summed E-state index contributed by atoms with van der Waals surface area (Å²) in [5.41, 5.74) is 1.86. The van der Waals surface area contributed by atoms with Crippen LogP contribution >= 0.6 is 0 Å². The summed E-state index contributed by atoms with van der Waals surface area (Å²) in [5.74, 6) is -0.245. The molecule has 0 atom stereocenters. The van der Waals surface area contributed by atoms with Gasteiger partial charge in [-0.2, -0.15) is 0 Å². The Labute approximate surface area is 117 Å². The lowest BCUT2D eigenvalue weighted by atomic mass is 9.98. The van der Waals surface area contributed by atoms with Crippen molar-refractivity contribution in [3.05, 3.63) is 53.6 Å². The van der Waals surface area contributed by atoms with Crippen LogP contribution in [0.25, 0.3) is 11.1 Å². The molecule has 0 bridgehead atoms. The molecule has 4 heteroatoms. The van der Waals surface area contributed by atoms with Gasteiger partial charge in [0.1, 0.15) is 17.4 Å². The Morgan fingerprint density at radius 2 is 1.80 bits per heavy atom. The highest BCUT2D eigenvalue weighted by Crippen LogP contribution is 2.29. The number of ether oxygens (including phenoxy) is 1. The van der Waals surface area contributed by atoms with Crippen molar-refractivity contribution < 1.29 is 13.5 Å². The highest BCUT2D eigenvalue weighted by Gasteiger charge is 2.11. The highest BCUT2D eigenvalue weighted by atomic mass is 19.1. The average molecular weight is 277 g/mol. The van der Waals surface area contributed by atoms with Gasteiger partial charge in [0.05, 0.1) is 7.11 Å². The minimum absolute atomic E-state index is 0.324. The zero-order valence-electron chi connectivity index (χ0n) is 11.5. The van der Waals surface area contributed by atoms with E-state index in [-0.39, 0.29) is 11.6 Å². The Balaban J connectivity index is 2.45. The summed E-state index contributed by atoms with van der Waals surface area (Å²) in [6.45, 7) is 3.23. The Kier molecular flexibility index (Phi) is 4.69. The van der Waals surface area contributed by atoms with Gasteiger partial charge in [-0.3, -0.25) is 0 Å². The summed E-state index contributed by atoms with van der Waals surface area (Å²) in [5, 5.41) is 3.13. The van der Waals surface area contributed by atoms with Gasteiger partial charge in [-0.25, -0.2) is 8.78 Å². The van der Waals surface area contributed by atoms with Crippen LogP contribution in [0.4, 0.5) is 8.78 Å². The Hall–Kier alpha value is -1.94. The van der Waals surface area contributed by atoms with Crippen molar-refractivity contribution in [2.24, 2.45) is 0 Å². The van der Waals surface area contributed by atoms with Crippen molar-refractivity contribution >= 4 is 0 Å². The third-order valence-electron chi connectivity index (χ3n) is 3.10. The second kappa shape index (κ2) is 6.48. The van der Waals surface area contributed by atoms with E-state index in [1.807, 2.05) is 6.92 Å². The molecular formula is C16H17F2NO. The number of methoxy groups -OCH3 is 1. The number of rotatable bonds is 5. The van der Waals surface area contributed by atoms with E-state index in [1.165, 1.54) is 25.3 Å². The van der Waals surface area contributed by atoms with Crippen LogP contribution in [0, 0.1) is 11.6 Å². The number of halogens is 2. The number of hydrogen-bond acceptors (Lipinski definition) is 2. The molecule has 2 nitrogen and oxygen atoms in total. The molecule has 0 aliphatic carbocycles. The van der Waals surface area contributed by atoms with Gasteiger partial charge in [0.15, 0.2) is 0 Å². The van der Waals surface area contributed by atoms with Crippen LogP contribution in [0.15, 0.2) is 36.4 Å². The lowest BCUT2D eigenvalue weighted by Crippen LogP contribution is -2.13. The molecule has 0 spiro atoms. The van der Waals surface area contributed by atoms with E-state index in [0.29, 0.717) is 23.4 Å². The topological polar surface area (TPSA) is 21.3 Å². The third kappa shape index (κ3) is 3.14. The summed E-state index contributed by atoms with van der Waals surface area (Å²) in [6, 6.07) is 9.05. The average Bonchev–Trinajstić information content (AvgIpc) is 2.45. The summed E-state index contributed by atoms with van der Waals surface area (Å²) in [4.78, 5) is 0. The van der Waals surface area contributed by atoms with E-state index in [2.05, 4.69) is 5.32 Å². The highest BCUT2D eigenvalue weighted by molar-refractivity contribution is 5.68. The predicted molar refractivity (Wildman–Crippen MR) is 75.7 cm³/mol. The molecule has 20 heavy (non-hydrogen) atoms. The zero-order valence-corrected chi connectivity index (χ0v) is 11.5. The van der Waals surface area contributed by atoms with Crippen LogP contribution in [0.2, 0.25) is 0 Å². The molecule has 0 unspecified atom stereocenters. The smallest absolute Gasteiger partial charge is 0.134 e. The molecule has 2 rings (SSSR count). The fraction of sp³-hybridized carbons (Fsp3) is 0.250. The van der Waals surface area contributed by atoms with Crippen molar-refractivity contribution in [2.45, 2.75) is 13.5 Å². The molecule has 106 valence electrons. The van der Waals surface area contributed by atoms with Gasteiger partial charge in [0, 0.05) is 18.2 Å². The standard InChI is InChI=1S/C16H17F2NO/c1-3-19-10-11-8-12(17)4-6-14(11)15-7-5-13(20-2)9-16(15)18/h4-9,19H,3,10H2,1-2H3. The molecule has 0 amide bonds. The minimum atomic E-state index is -0.381.